The van der Waals surface area contributed by atoms with Gasteiger partial charge >= 0.3 is 0 Å². The summed E-state index contributed by atoms with van der Waals surface area (Å²) in [7, 11) is 0. The number of rotatable bonds is 6. The molecule has 108 valence electrons. The van der Waals surface area contributed by atoms with Crippen LogP contribution in [0.4, 0.5) is 17.3 Å². The number of aromatic nitrogens is 3. The highest BCUT2D eigenvalue weighted by atomic mass is 35.5. The molecule has 0 unspecified atom stereocenters. The minimum atomic E-state index is 0.441. The van der Waals surface area contributed by atoms with E-state index in [2.05, 4.69) is 15.4 Å². The average molecular weight is 296 g/mol. The maximum absolute atomic E-state index is 5.85. The molecule has 2 rings (SSSR count). The Hall–Kier alpha value is -1.79. The molecular weight excluding hydrogens is 278 g/mol. The number of hydrogen-bond acceptors (Lipinski definition) is 5. The van der Waals surface area contributed by atoms with Crippen molar-refractivity contribution in [1.29, 1.82) is 0 Å². The van der Waals surface area contributed by atoms with Crippen molar-refractivity contribution in [3.05, 3.63) is 29.0 Å². The second-order valence-electron chi connectivity index (χ2n) is 4.19. The molecule has 0 spiro atoms. The van der Waals surface area contributed by atoms with Crippen molar-refractivity contribution in [2.24, 2.45) is 0 Å². The third-order valence-electron chi connectivity index (χ3n) is 2.73. The molecule has 0 amide bonds. The Bertz CT molecular complexity index is 584. The minimum Gasteiger partial charge on any atom is -0.397 e. The van der Waals surface area contributed by atoms with Gasteiger partial charge in [-0.1, -0.05) is 11.6 Å². The Morgan fingerprint density at radius 1 is 1.40 bits per heavy atom. The normalized spacial score (nSPS) is 10.8. The van der Waals surface area contributed by atoms with Gasteiger partial charge in [-0.3, -0.25) is 0 Å². The van der Waals surface area contributed by atoms with Gasteiger partial charge in [0.1, 0.15) is 11.6 Å². The van der Waals surface area contributed by atoms with Crippen LogP contribution < -0.4 is 11.1 Å². The van der Waals surface area contributed by atoms with Crippen LogP contribution >= 0.6 is 11.6 Å². The first-order chi connectivity index (χ1) is 9.63. The van der Waals surface area contributed by atoms with Crippen LogP contribution in [-0.4, -0.2) is 21.4 Å². The van der Waals surface area contributed by atoms with E-state index in [1.807, 2.05) is 24.6 Å². The molecule has 0 saturated heterocycles. The summed E-state index contributed by atoms with van der Waals surface area (Å²) in [4.78, 5) is 4.19. The van der Waals surface area contributed by atoms with Gasteiger partial charge in [-0.25, -0.2) is 9.67 Å². The fraction of sp³-hybridized carbons (Fsp3) is 0.385. The van der Waals surface area contributed by atoms with Crippen molar-refractivity contribution in [2.45, 2.75) is 27.0 Å². The van der Waals surface area contributed by atoms with Gasteiger partial charge in [0.25, 0.3) is 0 Å². The molecule has 0 saturated carbocycles. The molecular formula is C13H18ClN5O. The molecule has 2 aromatic rings. The van der Waals surface area contributed by atoms with Crippen LogP contribution in [0.2, 0.25) is 5.02 Å². The smallest absolute Gasteiger partial charge is 0.133 e. The molecule has 0 aromatic carbocycles. The summed E-state index contributed by atoms with van der Waals surface area (Å²) in [6.45, 7) is 5.88. The third-order valence-corrected chi connectivity index (χ3v) is 3.04. The van der Waals surface area contributed by atoms with Gasteiger partial charge in [0, 0.05) is 31.5 Å². The van der Waals surface area contributed by atoms with Crippen LogP contribution in [0.1, 0.15) is 19.5 Å². The number of nitrogen functional groups attached to an aromatic ring is 1. The van der Waals surface area contributed by atoms with E-state index in [1.165, 1.54) is 6.20 Å². The van der Waals surface area contributed by atoms with Crippen molar-refractivity contribution in [3.63, 3.8) is 0 Å². The van der Waals surface area contributed by atoms with Crippen molar-refractivity contribution in [2.75, 3.05) is 17.7 Å². The second kappa shape index (κ2) is 6.58. The van der Waals surface area contributed by atoms with Crippen LogP contribution in [0.5, 0.6) is 0 Å². The van der Waals surface area contributed by atoms with E-state index in [9.17, 15) is 0 Å². The minimum absolute atomic E-state index is 0.441. The van der Waals surface area contributed by atoms with Gasteiger partial charge in [-0.15, -0.1) is 0 Å². The van der Waals surface area contributed by atoms with Crippen molar-refractivity contribution in [1.82, 2.24) is 14.8 Å². The number of anilines is 3. The van der Waals surface area contributed by atoms with E-state index in [4.69, 9.17) is 22.1 Å². The van der Waals surface area contributed by atoms with Gasteiger partial charge in [0.05, 0.1) is 23.0 Å². The molecule has 2 heterocycles. The number of nitrogens with zero attached hydrogens (tertiary/aromatic N) is 3. The molecule has 0 atom stereocenters. The summed E-state index contributed by atoms with van der Waals surface area (Å²) >= 11 is 5.85. The molecule has 3 N–H and O–H groups in total. The van der Waals surface area contributed by atoms with Gasteiger partial charge in [0.15, 0.2) is 0 Å². The van der Waals surface area contributed by atoms with Gasteiger partial charge < -0.3 is 15.8 Å². The van der Waals surface area contributed by atoms with E-state index in [1.54, 1.807) is 6.07 Å². The first-order valence-corrected chi connectivity index (χ1v) is 6.84. The molecule has 0 aliphatic carbocycles. The van der Waals surface area contributed by atoms with Crippen molar-refractivity contribution < 1.29 is 4.74 Å². The highest BCUT2D eigenvalue weighted by molar-refractivity contribution is 6.32. The summed E-state index contributed by atoms with van der Waals surface area (Å²) in [6, 6.07) is 3.63. The molecule has 0 aliphatic rings. The third kappa shape index (κ3) is 3.40. The number of ether oxygens (including phenoxy) is 1. The fourth-order valence-electron chi connectivity index (χ4n) is 1.74. The Morgan fingerprint density at radius 2 is 2.20 bits per heavy atom. The van der Waals surface area contributed by atoms with Crippen LogP contribution in [0.25, 0.3) is 0 Å². The lowest BCUT2D eigenvalue weighted by molar-refractivity contribution is 0.131. The molecule has 0 bridgehead atoms. The Labute approximate surface area is 122 Å². The van der Waals surface area contributed by atoms with Crippen molar-refractivity contribution >= 4 is 28.9 Å². The zero-order chi connectivity index (χ0) is 14.5. The van der Waals surface area contributed by atoms with Crippen molar-refractivity contribution in [3.8, 4) is 0 Å². The Balaban J connectivity index is 2.18. The fourth-order valence-corrected chi connectivity index (χ4v) is 1.85. The first kappa shape index (κ1) is 14.6. The maximum Gasteiger partial charge on any atom is 0.133 e. The predicted octanol–water partition coefficient (Wildman–Crippen LogP) is 2.81. The predicted molar refractivity (Wildman–Crippen MR) is 80.2 cm³/mol. The number of hydrogen-bond donors (Lipinski definition) is 2. The Kier molecular flexibility index (Phi) is 4.81. The van der Waals surface area contributed by atoms with Gasteiger partial charge in [-0.2, -0.15) is 5.10 Å². The molecule has 2 aromatic heterocycles. The molecule has 0 fully saturated rings. The monoisotopic (exact) mass is 295 g/mol. The lowest BCUT2D eigenvalue weighted by Crippen LogP contribution is -2.04. The second-order valence-corrected chi connectivity index (χ2v) is 4.60. The number of nitrogens with two attached hydrogens (primary N) is 1. The van der Waals surface area contributed by atoms with Crippen LogP contribution in [-0.2, 0) is 17.9 Å². The maximum atomic E-state index is 5.85. The molecule has 20 heavy (non-hydrogen) atoms. The van der Waals surface area contributed by atoms with E-state index >= 15 is 0 Å². The summed E-state index contributed by atoms with van der Waals surface area (Å²) in [5, 5.41) is 8.07. The summed E-state index contributed by atoms with van der Waals surface area (Å²) in [5.74, 6) is 1.47. The first-order valence-electron chi connectivity index (χ1n) is 6.46. The van der Waals surface area contributed by atoms with E-state index in [0.717, 1.165) is 18.1 Å². The average Bonchev–Trinajstić information content (AvgIpc) is 2.82. The molecule has 0 radical (unpaired) electrons. The van der Waals surface area contributed by atoms with Crippen LogP contribution in [0.3, 0.4) is 0 Å². The largest absolute Gasteiger partial charge is 0.397 e. The quantitative estimate of drug-likeness (QED) is 0.857. The standard InChI is InChI=1S/C13H18ClN5O/c1-3-19-13(5-9(18-19)8-20-4-2)17-12-6-11(15)10(14)7-16-12/h5-7H,3-4,8H2,1-2H3,(H3,15,16,17). The highest BCUT2D eigenvalue weighted by Crippen LogP contribution is 2.23. The number of pyridine rings is 1. The lowest BCUT2D eigenvalue weighted by Gasteiger charge is -2.08. The molecule has 7 heteroatoms. The SMILES string of the molecule is CCOCc1cc(Nc2cc(N)c(Cl)cn2)n(CC)n1. The summed E-state index contributed by atoms with van der Waals surface area (Å²) < 4.78 is 7.21. The van der Waals surface area contributed by atoms with E-state index in [-0.39, 0.29) is 0 Å². The van der Waals surface area contributed by atoms with Gasteiger partial charge in [-0.05, 0) is 13.8 Å². The lowest BCUT2D eigenvalue weighted by atomic mass is 10.4. The number of halogens is 1. The highest BCUT2D eigenvalue weighted by Gasteiger charge is 2.08. The van der Waals surface area contributed by atoms with E-state index < -0.39 is 0 Å². The molecule has 0 aliphatic heterocycles. The van der Waals surface area contributed by atoms with Gasteiger partial charge in [0.2, 0.25) is 0 Å². The summed E-state index contributed by atoms with van der Waals surface area (Å²) in [6.07, 6.45) is 1.52. The Morgan fingerprint density at radius 3 is 2.85 bits per heavy atom. The molecule has 6 nitrogen and oxygen atoms in total. The van der Waals surface area contributed by atoms with Crippen LogP contribution in [0.15, 0.2) is 18.3 Å². The topological polar surface area (TPSA) is 78.0 Å². The van der Waals surface area contributed by atoms with Crippen LogP contribution in [0, 0.1) is 0 Å². The number of nitrogens with one attached hydrogen (secondary N) is 1. The zero-order valence-corrected chi connectivity index (χ0v) is 12.3. The number of aryl methyl sites for hydroxylation is 1. The zero-order valence-electron chi connectivity index (χ0n) is 11.6. The summed E-state index contributed by atoms with van der Waals surface area (Å²) in [5.41, 5.74) is 7.12. The van der Waals surface area contributed by atoms with E-state index in [0.29, 0.717) is 29.7 Å².